The fourth-order valence-corrected chi connectivity index (χ4v) is 2.17. The van der Waals surface area contributed by atoms with Crippen molar-refractivity contribution in [2.75, 3.05) is 13.6 Å². The van der Waals surface area contributed by atoms with Crippen molar-refractivity contribution in [2.45, 2.75) is 39.3 Å². The van der Waals surface area contributed by atoms with Gasteiger partial charge in [-0.05, 0) is 31.4 Å². The Morgan fingerprint density at radius 1 is 1.21 bits per heavy atom. The lowest BCUT2D eigenvalue weighted by Crippen LogP contribution is -2.50. The molecule has 24 heavy (non-hydrogen) atoms. The zero-order valence-corrected chi connectivity index (χ0v) is 14.3. The van der Waals surface area contributed by atoms with Crippen LogP contribution in [-0.2, 0) is 4.79 Å². The number of hydrogen-bond acceptors (Lipinski definition) is 3. The second kappa shape index (κ2) is 8.73. The van der Waals surface area contributed by atoms with Crippen LogP contribution in [0.15, 0.2) is 18.2 Å². The minimum atomic E-state index is -0.982. The summed E-state index contributed by atoms with van der Waals surface area (Å²) in [6.45, 7) is 5.37. The Balaban J connectivity index is 2.89. The zero-order valence-electron chi connectivity index (χ0n) is 14.3. The average molecular weight is 342 g/mol. The second-order valence-electron chi connectivity index (χ2n) is 6.19. The number of nitrogens with one attached hydrogen (secondary N) is 1. The van der Waals surface area contributed by atoms with Crippen LogP contribution in [0.2, 0.25) is 0 Å². The van der Waals surface area contributed by atoms with E-state index in [2.05, 4.69) is 5.32 Å². The van der Waals surface area contributed by atoms with E-state index in [4.69, 9.17) is 0 Å². The van der Waals surface area contributed by atoms with Crippen molar-refractivity contribution in [1.29, 1.82) is 0 Å². The SMILES string of the molecule is CC(O)CCN(C)C(=O)C(NC(=O)c1c(F)cccc1F)C(C)C. The summed E-state index contributed by atoms with van der Waals surface area (Å²) in [7, 11) is 1.55. The van der Waals surface area contributed by atoms with E-state index in [1.54, 1.807) is 27.8 Å². The van der Waals surface area contributed by atoms with Crippen LogP contribution >= 0.6 is 0 Å². The molecule has 1 aromatic rings. The molecule has 1 aromatic carbocycles. The number of benzene rings is 1. The smallest absolute Gasteiger partial charge is 0.257 e. The van der Waals surface area contributed by atoms with Crippen molar-refractivity contribution in [3.63, 3.8) is 0 Å². The standard InChI is InChI=1S/C17H24F2N2O3/c1-10(2)15(17(24)21(4)9-8-11(3)22)20-16(23)14-12(18)6-5-7-13(14)19/h5-7,10-11,15,22H,8-9H2,1-4H3,(H,20,23). The van der Waals surface area contributed by atoms with Gasteiger partial charge in [0.25, 0.3) is 5.91 Å². The van der Waals surface area contributed by atoms with E-state index in [0.717, 1.165) is 18.2 Å². The maximum Gasteiger partial charge on any atom is 0.257 e. The number of carbonyl (C=O) groups excluding carboxylic acids is 2. The number of likely N-dealkylation sites (N-methyl/N-ethyl adjacent to an activating group) is 1. The van der Waals surface area contributed by atoms with Crippen molar-refractivity contribution >= 4 is 11.8 Å². The van der Waals surface area contributed by atoms with Gasteiger partial charge in [0.2, 0.25) is 5.91 Å². The highest BCUT2D eigenvalue weighted by Crippen LogP contribution is 2.14. The van der Waals surface area contributed by atoms with Crippen LogP contribution < -0.4 is 5.32 Å². The summed E-state index contributed by atoms with van der Waals surface area (Å²) < 4.78 is 27.4. The van der Waals surface area contributed by atoms with Gasteiger partial charge in [-0.15, -0.1) is 0 Å². The minimum Gasteiger partial charge on any atom is -0.393 e. The molecule has 2 N–H and O–H groups in total. The van der Waals surface area contributed by atoms with E-state index < -0.39 is 35.3 Å². The summed E-state index contributed by atoms with van der Waals surface area (Å²) in [5.41, 5.74) is -0.706. The van der Waals surface area contributed by atoms with E-state index >= 15 is 0 Å². The highest BCUT2D eigenvalue weighted by Gasteiger charge is 2.29. The Labute approximate surface area is 140 Å². The number of aliphatic hydroxyl groups is 1. The zero-order chi connectivity index (χ0) is 18.4. The molecule has 0 aromatic heterocycles. The predicted molar refractivity (Wildman–Crippen MR) is 86.4 cm³/mol. The number of amides is 2. The number of nitrogens with zero attached hydrogens (tertiary/aromatic N) is 1. The molecule has 0 aliphatic carbocycles. The van der Waals surface area contributed by atoms with Gasteiger partial charge in [-0.2, -0.15) is 0 Å². The molecule has 0 saturated carbocycles. The molecule has 7 heteroatoms. The molecule has 2 unspecified atom stereocenters. The van der Waals surface area contributed by atoms with E-state index in [-0.39, 0.29) is 11.8 Å². The molecular formula is C17H24F2N2O3. The topological polar surface area (TPSA) is 69.6 Å². The largest absolute Gasteiger partial charge is 0.393 e. The molecule has 0 aliphatic rings. The average Bonchev–Trinajstić information content (AvgIpc) is 2.49. The normalized spacial score (nSPS) is 13.5. The number of hydrogen-bond donors (Lipinski definition) is 2. The molecule has 0 saturated heterocycles. The van der Waals surface area contributed by atoms with E-state index in [1.807, 2.05) is 0 Å². The third kappa shape index (κ3) is 5.26. The molecule has 0 radical (unpaired) electrons. The van der Waals surface area contributed by atoms with Crippen LogP contribution in [0.1, 0.15) is 37.6 Å². The lowest BCUT2D eigenvalue weighted by Gasteiger charge is -2.27. The number of carbonyl (C=O) groups is 2. The molecule has 0 spiro atoms. The molecule has 0 fully saturated rings. The van der Waals surface area contributed by atoms with Gasteiger partial charge in [-0.1, -0.05) is 19.9 Å². The van der Waals surface area contributed by atoms with Gasteiger partial charge in [0.05, 0.1) is 6.10 Å². The van der Waals surface area contributed by atoms with Crippen molar-refractivity contribution < 1.29 is 23.5 Å². The summed E-state index contributed by atoms with van der Waals surface area (Å²) >= 11 is 0. The molecule has 2 atom stereocenters. The summed E-state index contributed by atoms with van der Waals surface area (Å²) in [5, 5.41) is 11.7. The quantitative estimate of drug-likeness (QED) is 0.796. The van der Waals surface area contributed by atoms with Gasteiger partial charge in [0, 0.05) is 13.6 Å². The van der Waals surface area contributed by atoms with Crippen molar-refractivity contribution in [3.8, 4) is 0 Å². The van der Waals surface area contributed by atoms with Crippen LogP contribution in [0.3, 0.4) is 0 Å². The predicted octanol–water partition coefficient (Wildman–Crippen LogP) is 1.95. The van der Waals surface area contributed by atoms with Crippen LogP contribution in [-0.4, -0.2) is 47.6 Å². The van der Waals surface area contributed by atoms with Crippen LogP contribution in [0.4, 0.5) is 8.78 Å². The fourth-order valence-electron chi connectivity index (χ4n) is 2.17. The summed E-state index contributed by atoms with van der Waals surface area (Å²) in [4.78, 5) is 26.1. The molecular weight excluding hydrogens is 318 g/mol. The van der Waals surface area contributed by atoms with Crippen molar-refractivity contribution in [3.05, 3.63) is 35.4 Å². The van der Waals surface area contributed by atoms with Crippen LogP contribution in [0.25, 0.3) is 0 Å². The van der Waals surface area contributed by atoms with E-state index in [1.165, 1.54) is 4.90 Å². The van der Waals surface area contributed by atoms with E-state index in [0.29, 0.717) is 13.0 Å². The molecule has 0 heterocycles. The monoisotopic (exact) mass is 342 g/mol. The van der Waals surface area contributed by atoms with Gasteiger partial charge < -0.3 is 15.3 Å². The number of halogens is 2. The first-order valence-corrected chi connectivity index (χ1v) is 7.83. The molecule has 1 rings (SSSR count). The van der Waals surface area contributed by atoms with Gasteiger partial charge in [-0.25, -0.2) is 8.78 Å². The minimum absolute atomic E-state index is 0.273. The Hall–Kier alpha value is -2.02. The maximum absolute atomic E-state index is 13.7. The summed E-state index contributed by atoms with van der Waals surface area (Å²) in [6, 6.07) is 2.21. The third-order valence-electron chi connectivity index (χ3n) is 3.67. The van der Waals surface area contributed by atoms with E-state index in [9.17, 15) is 23.5 Å². The summed E-state index contributed by atoms with van der Waals surface area (Å²) in [6.07, 6.45) is -0.164. The first-order chi connectivity index (χ1) is 11.1. The fraction of sp³-hybridized carbons (Fsp3) is 0.529. The Bertz CT molecular complexity index is 571. The lowest BCUT2D eigenvalue weighted by atomic mass is 10.0. The maximum atomic E-state index is 13.7. The molecule has 134 valence electrons. The second-order valence-corrected chi connectivity index (χ2v) is 6.19. The number of aliphatic hydroxyl groups excluding tert-OH is 1. The molecule has 5 nitrogen and oxygen atoms in total. The van der Waals surface area contributed by atoms with Crippen molar-refractivity contribution in [1.82, 2.24) is 10.2 Å². The third-order valence-corrected chi connectivity index (χ3v) is 3.67. The first kappa shape index (κ1) is 20.0. The Kier molecular flexibility index (Phi) is 7.28. The van der Waals surface area contributed by atoms with Gasteiger partial charge in [0.1, 0.15) is 23.2 Å². The van der Waals surface area contributed by atoms with Crippen molar-refractivity contribution in [2.24, 2.45) is 5.92 Å². The Morgan fingerprint density at radius 2 is 1.75 bits per heavy atom. The number of rotatable bonds is 7. The van der Waals surface area contributed by atoms with Gasteiger partial charge in [0.15, 0.2) is 0 Å². The highest BCUT2D eigenvalue weighted by atomic mass is 19.1. The highest BCUT2D eigenvalue weighted by molar-refractivity contribution is 5.98. The van der Waals surface area contributed by atoms with Crippen LogP contribution in [0.5, 0.6) is 0 Å². The lowest BCUT2D eigenvalue weighted by molar-refractivity contribution is -0.133. The molecule has 2 amide bonds. The van der Waals surface area contributed by atoms with Crippen LogP contribution in [0, 0.1) is 17.6 Å². The van der Waals surface area contributed by atoms with Gasteiger partial charge >= 0.3 is 0 Å². The summed E-state index contributed by atoms with van der Waals surface area (Å²) in [5.74, 6) is -3.59. The first-order valence-electron chi connectivity index (χ1n) is 7.83. The Morgan fingerprint density at radius 3 is 2.21 bits per heavy atom. The molecule has 0 bridgehead atoms. The molecule has 0 aliphatic heterocycles. The van der Waals surface area contributed by atoms with Gasteiger partial charge in [-0.3, -0.25) is 9.59 Å².